The molecule has 0 aliphatic heterocycles. The number of amides is 2. The van der Waals surface area contributed by atoms with Gasteiger partial charge in [-0.1, -0.05) is 40.2 Å². The van der Waals surface area contributed by atoms with Gasteiger partial charge >= 0.3 is 6.03 Å². The van der Waals surface area contributed by atoms with Gasteiger partial charge in [-0.3, -0.25) is 0 Å². The van der Waals surface area contributed by atoms with E-state index in [2.05, 4.69) is 26.6 Å². The summed E-state index contributed by atoms with van der Waals surface area (Å²) in [4.78, 5) is 11.9. The van der Waals surface area contributed by atoms with Crippen molar-refractivity contribution < 1.29 is 14.3 Å². The molecular weight excluding hydrogens is 372 g/mol. The van der Waals surface area contributed by atoms with Crippen LogP contribution in [0.4, 0.5) is 4.79 Å². The van der Waals surface area contributed by atoms with Crippen LogP contribution in [0, 0.1) is 0 Å². The van der Waals surface area contributed by atoms with Crippen LogP contribution in [0.3, 0.4) is 0 Å². The first-order valence-electron chi connectivity index (χ1n) is 7.60. The number of nitrogens with one attached hydrogen (secondary N) is 2. The Balaban J connectivity index is 1.77. The number of hydrogen-bond donors (Lipinski definition) is 2. The predicted molar refractivity (Wildman–Crippen MR) is 97.6 cm³/mol. The predicted octanol–water partition coefficient (Wildman–Crippen LogP) is 3.51. The van der Waals surface area contributed by atoms with Gasteiger partial charge in [0, 0.05) is 17.6 Å². The third-order valence-corrected chi connectivity index (χ3v) is 4.32. The van der Waals surface area contributed by atoms with E-state index in [0.29, 0.717) is 31.0 Å². The molecule has 0 aliphatic rings. The van der Waals surface area contributed by atoms with Crippen LogP contribution in [0.15, 0.2) is 46.9 Å². The van der Waals surface area contributed by atoms with Crippen molar-refractivity contribution in [2.45, 2.75) is 13.0 Å². The molecule has 2 rings (SSSR count). The summed E-state index contributed by atoms with van der Waals surface area (Å²) < 4.78 is 11.5. The minimum absolute atomic E-state index is 0.189. The molecule has 2 aromatic carbocycles. The van der Waals surface area contributed by atoms with Crippen molar-refractivity contribution in [2.24, 2.45) is 0 Å². The molecule has 0 unspecified atom stereocenters. The second-order valence-electron chi connectivity index (χ2n) is 5.14. The summed E-state index contributed by atoms with van der Waals surface area (Å²) in [7, 11) is 3.21. The SMILES string of the molecule is COc1ccc(CCNC(=O)NCc2ccccc2Br)cc1OC. The third kappa shape index (κ3) is 5.16. The Kier molecular flexibility index (Phi) is 6.93. The first kappa shape index (κ1) is 18.1. The van der Waals surface area contributed by atoms with Gasteiger partial charge in [0.15, 0.2) is 11.5 Å². The van der Waals surface area contributed by atoms with E-state index in [-0.39, 0.29) is 6.03 Å². The first-order valence-corrected chi connectivity index (χ1v) is 8.39. The van der Waals surface area contributed by atoms with E-state index in [9.17, 15) is 4.79 Å². The molecule has 2 amide bonds. The van der Waals surface area contributed by atoms with Crippen LogP contribution in [0.2, 0.25) is 0 Å². The minimum Gasteiger partial charge on any atom is -0.493 e. The Morgan fingerprint density at radius 1 is 1.04 bits per heavy atom. The normalized spacial score (nSPS) is 10.1. The average molecular weight is 393 g/mol. The average Bonchev–Trinajstić information content (AvgIpc) is 2.61. The van der Waals surface area contributed by atoms with Gasteiger partial charge in [-0.05, 0) is 35.7 Å². The quantitative estimate of drug-likeness (QED) is 0.757. The monoisotopic (exact) mass is 392 g/mol. The van der Waals surface area contributed by atoms with Gasteiger partial charge in [-0.25, -0.2) is 4.79 Å². The van der Waals surface area contributed by atoms with Gasteiger partial charge in [-0.2, -0.15) is 0 Å². The van der Waals surface area contributed by atoms with Crippen molar-refractivity contribution in [1.29, 1.82) is 0 Å². The Morgan fingerprint density at radius 2 is 1.79 bits per heavy atom. The molecule has 0 heterocycles. The number of halogens is 1. The zero-order valence-corrected chi connectivity index (χ0v) is 15.4. The topological polar surface area (TPSA) is 59.6 Å². The van der Waals surface area contributed by atoms with Gasteiger partial charge in [0.2, 0.25) is 0 Å². The maximum absolute atomic E-state index is 11.9. The Bertz CT molecular complexity index is 692. The van der Waals surface area contributed by atoms with Gasteiger partial charge in [-0.15, -0.1) is 0 Å². The lowest BCUT2D eigenvalue weighted by Crippen LogP contribution is -2.36. The molecule has 0 fully saturated rings. The van der Waals surface area contributed by atoms with E-state index < -0.39 is 0 Å². The fourth-order valence-corrected chi connectivity index (χ4v) is 2.66. The number of benzene rings is 2. The molecule has 0 aliphatic carbocycles. The Morgan fingerprint density at radius 3 is 2.50 bits per heavy atom. The summed E-state index contributed by atoms with van der Waals surface area (Å²) in [6, 6.07) is 13.3. The molecule has 2 N–H and O–H groups in total. The molecule has 0 radical (unpaired) electrons. The standard InChI is InChI=1S/C18H21BrN2O3/c1-23-16-8-7-13(11-17(16)24-2)9-10-20-18(22)21-12-14-5-3-4-6-15(14)19/h3-8,11H,9-10,12H2,1-2H3,(H2,20,21,22). The maximum Gasteiger partial charge on any atom is 0.315 e. The van der Waals surface area contributed by atoms with Crippen LogP contribution in [0.25, 0.3) is 0 Å². The van der Waals surface area contributed by atoms with Crippen molar-refractivity contribution in [2.75, 3.05) is 20.8 Å². The maximum atomic E-state index is 11.9. The lowest BCUT2D eigenvalue weighted by Gasteiger charge is -2.11. The summed E-state index contributed by atoms with van der Waals surface area (Å²) >= 11 is 3.46. The third-order valence-electron chi connectivity index (χ3n) is 3.54. The van der Waals surface area contributed by atoms with Gasteiger partial charge in [0.05, 0.1) is 14.2 Å². The lowest BCUT2D eigenvalue weighted by molar-refractivity contribution is 0.240. The number of carbonyl (C=O) groups is 1. The van der Waals surface area contributed by atoms with Crippen molar-refractivity contribution in [1.82, 2.24) is 10.6 Å². The molecule has 2 aromatic rings. The van der Waals surface area contributed by atoms with E-state index in [1.807, 2.05) is 42.5 Å². The Labute approximate surface area is 150 Å². The number of ether oxygens (including phenoxy) is 2. The van der Waals surface area contributed by atoms with Crippen molar-refractivity contribution in [3.63, 3.8) is 0 Å². The number of urea groups is 1. The molecule has 0 spiro atoms. The second-order valence-corrected chi connectivity index (χ2v) is 5.99. The van der Waals surface area contributed by atoms with Crippen LogP contribution in [0.1, 0.15) is 11.1 Å². The number of rotatable bonds is 7. The van der Waals surface area contributed by atoms with Crippen LogP contribution < -0.4 is 20.1 Å². The van der Waals surface area contributed by atoms with Crippen LogP contribution in [-0.4, -0.2) is 26.8 Å². The zero-order valence-electron chi connectivity index (χ0n) is 13.8. The van der Waals surface area contributed by atoms with E-state index in [1.54, 1.807) is 14.2 Å². The summed E-state index contributed by atoms with van der Waals surface area (Å²) in [5.74, 6) is 1.38. The molecule has 0 bridgehead atoms. The van der Waals surface area contributed by atoms with E-state index in [1.165, 1.54) is 0 Å². The lowest BCUT2D eigenvalue weighted by atomic mass is 10.1. The van der Waals surface area contributed by atoms with Crippen LogP contribution in [-0.2, 0) is 13.0 Å². The molecule has 128 valence electrons. The molecule has 6 heteroatoms. The van der Waals surface area contributed by atoms with E-state index in [4.69, 9.17) is 9.47 Å². The minimum atomic E-state index is -0.189. The van der Waals surface area contributed by atoms with E-state index >= 15 is 0 Å². The summed E-state index contributed by atoms with van der Waals surface area (Å²) in [5.41, 5.74) is 2.10. The van der Waals surface area contributed by atoms with E-state index in [0.717, 1.165) is 15.6 Å². The fourth-order valence-electron chi connectivity index (χ4n) is 2.24. The highest BCUT2D eigenvalue weighted by Gasteiger charge is 2.06. The first-order chi connectivity index (χ1) is 11.6. The highest BCUT2D eigenvalue weighted by molar-refractivity contribution is 9.10. The van der Waals surface area contributed by atoms with Crippen LogP contribution in [0.5, 0.6) is 11.5 Å². The fraction of sp³-hybridized carbons (Fsp3) is 0.278. The molecule has 0 saturated carbocycles. The smallest absolute Gasteiger partial charge is 0.315 e. The molecular formula is C18H21BrN2O3. The second kappa shape index (κ2) is 9.17. The molecule has 0 saturated heterocycles. The van der Waals surface area contributed by atoms with Crippen LogP contribution >= 0.6 is 15.9 Å². The van der Waals surface area contributed by atoms with Crippen molar-refractivity contribution >= 4 is 22.0 Å². The summed E-state index contributed by atoms with van der Waals surface area (Å²) in [5, 5.41) is 5.69. The van der Waals surface area contributed by atoms with Gasteiger partial charge < -0.3 is 20.1 Å². The van der Waals surface area contributed by atoms with Crippen molar-refractivity contribution in [3.8, 4) is 11.5 Å². The van der Waals surface area contributed by atoms with Crippen molar-refractivity contribution in [3.05, 3.63) is 58.1 Å². The highest BCUT2D eigenvalue weighted by Crippen LogP contribution is 2.27. The number of methoxy groups -OCH3 is 2. The molecule has 24 heavy (non-hydrogen) atoms. The van der Waals surface area contributed by atoms with Gasteiger partial charge in [0.1, 0.15) is 0 Å². The Hall–Kier alpha value is -2.21. The summed E-state index contributed by atoms with van der Waals surface area (Å²) in [6.07, 6.45) is 0.711. The molecule has 5 nitrogen and oxygen atoms in total. The molecule has 0 atom stereocenters. The summed E-state index contributed by atoms with van der Waals surface area (Å²) in [6.45, 7) is 1.01. The van der Waals surface area contributed by atoms with Gasteiger partial charge in [0.25, 0.3) is 0 Å². The number of hydrogen-bond acceptors (Lipinski definition) is 3. The number of carbonyl (C=O) groups excluding carboxylic acids is 1. The zero-order chi connectivity index (χ0) is 17.4. The molecule has 0 aromatic heterocycles. The largest absolute Gasteiger partial charge is 0.493 e. The highest BCUT2D eigenvalue weighted by atomic mass is 79.9.